The fraction of sp³-hybridized carbons (Fsp3) is 0.625. The largest absolute Gasteiger partial charge is 0.484 e. The third kappa shape index (κ3) is 9.90. The smallest absolute Gasteiger partial charge is 0.338 e. The van der Waals surface area contributed by atoms with E-state index >= 15 is 0 Å². The van der Waals surface area contributed by atoms with Crippen LogP contribution in [0, 0.1) is 0 Å². The van der Waals surface area contributed by atoms with Crippen LogP contribution in [0.25, 0.3) is 0 Å². The number of hydrazone groups is 1. The average molecular weight is 417 g/mol. The first-order valence-electron chi connectivity index (χ1n) is 11.4. The van der Waals surface area contributed by atoms with Gasteiger partial charge >= 0.3 is 5.97 Å². The lowest BCUT2D eigenvalue weighted by molar-refractivity contribution is -0.123. The van der Waals surface area contributed by atoms with Crippen LogP contribution in [0.3, 0.4) is 0 Å². The zero-order chi connectivity index (χ0) is 21.4. The highest BCUT2D eigenvalue weighted by molar-refractivity contribution is 5.89. The summed E-state index contributed by atoms with van der Waals surface area (Å²) in [6.45, 7) is 2.23. The van der Waals surface area contributed by atoms with Crippen LogP contribution >= 0.6 is 0 Å². The molecule has 0 atom stereocenters. The van der Waals surface area contributed by atoms with E-state index in [4.69, 9.17) is 9.47 Å². The lowest BCUT2D eigenvalue weighted by atomic mass is 10.00. The Morgan fingerprint density at radius 2 is 1.47 bits per heavy atom. The summed E-state index contributed by atoms with van der Waals surface area (Å²) in [5.41, 5.74) is 4.19. The standard InChI is InChI=1S/C24H36N2O4/c1-2-18-29-24(28)20-14-16-22(17-15-20)30-19-23(27)26-25-21-12-10-8-6-4-3-5-7-9-11-13-21/h14-17H,2-13,18-19H2,1H3,(H,26,27). The number of amides is 1. The van der Waals surface area contributed by atoms with Crippen LogP contribution in [0.15, 0.2) is 29.4 Å². The maximum atomic E-state index is 12.1. The maximum absolute atomic E-state index is 12.1. The van der Waals surface area contributed by atoms with Crippen molar-refractivity contribution in [3.63, 3.8) is 0 Å². The number of benzene rings is 1. The molecular weight excluding hydrogens is 380 g/mol. The van der Waals surface area contributed by atoms with Crippen molar-refractivity contribution < 1.29 is 19.1 Å². The molecule has 1 saturated carbocycles. The van der Waals surface area contributed by atoms with Crippen molar-refractivity contribution >= 4 is 17.6 Å². The fourth-order valence-electron chi connectivity index (χ4n) is 3.42. The van der Waals surface area contributed by atoms with Crippen molar-refractivity contribution in [2.45, 2.75) is 84.0 Å². The highest BCUT2D eigenvalue weighted by Crippen LogP contribution is 2.16. The predicted molar refractivity (Wildman–Crippen MR) is 119 cm³/mol. The Kier molecular flexibility index (Phi) is 11.6. The monoisotopic (exact) mass is 416 g/mol. The Morgan fingerprint density at radius 1 is 0.900 bits per heavy atom. The number of carbonyl (C=O) groups is 2. The molecule has 1 aliphatic rings. The van der Waals surface area contributed by atoms with Gasteiger partial charge in [0.15, 0.2) is 6.61 Å². The molecule has 2 rings (SSSR count). The third-order valence-electron chi connectivity index (χ3n) is 5.17. The van der Waals surface area contributed by atoms with Gasteiger partial charge in [-0.1, -0.05) is 51.9 Å². The van der Waals surface area contributed by atoms with Crippen LogP contribution < -0.4 is 10.2 Å². The van der Waals surface area contributed by atoms with Gasteiger partial charge in [0.25, 0.3) is 5.91 Å². The van der Waals surface area contributed by atoms with Crippen molar-refractivity contribution in [3.8, 4) is 5.75 Å². The zero-order valence-corrected chi connectivity index (χ0v) is 18.3. The summed E-state index contributed by atoms with van der Waals surface area (Å²) in [7, 11) is 0. The Bertz CT molecular complexity index is 656. The second kappa shape index (κ2) is 14.6. The molecule has 6 heteroatoms. The lowest BCUT2D eigenvalue weighted by Gasteiger charge is -2.10. The van der Waals surface area contributed by atoms with Crippen molar-refractivity contribution in [2.24, 2.45) is 5.10 Å². The normalized spacial score (nSPS) is 16.0. The molecule has 166 valence electrons. The van der Waals surface area contributed by atoms with Gasteiger partial charge in [-0.05, 0) is 56.4 Å². The quantitative estimate of drug-likeness (QED) is 0.476. The van der Waals surface area contributed by atoms with E-state index in [2.05, 4.69) is 10.5 Å². The highest BCUT2D eigenvalue weighted by Gasteiger charge is 2.08. The summed E-state index contributed by atoms with van der Waals surface area (Å²) in [5, 5.41) is 4.37. The Labute approximate surface area is 180 Å². The van der Waals surface area contributed by atoms with E-state index in [1.807, 2.05) is 6.92 Å². The molecule has 0 bridgehead atoms. The van der Waals surface area contributed by atoms with Gasteiger partial charge in [0, 0.05) is 5.71 Å². The highest BCUT2D eigenvalue weighted by atomic mass is 16.5. The molecule has 1 fully saturated rings. The van der Waals surface area contributed by atoms with Crippen LogP contribution in [0.5, 0.6) is 5.75 Å². The number of nitrogens with one attached hydrogen (secondary N) is 1. The molecule has 0 spiro atoms. The van der Waals surface area contributed by atoms with Gasteiger partial charge in [-0.2, -0.15) is 5.10 Å². The van der Waals surface area contributed by atoms with Crippen molar-refractivity contribution in [1.82, 2.24) is 5.43 Å². The molecular formula is C24H36N2O4. The van der Waals surface area contributed by atoms with Gasteiger partial charge in [-0.15, -0.1) is 0 Å². The number of ether oxygens (including phenoxy) is 2. The minimum absolute atomic E-state index is 0.115. The molecule has 30 heavy (non-hydrogen) atoms. The number of esters is 1. The van der Waals surface area contributed by atoms with Crippen molar-refractivity contribution in [3.05, 3.63) is 29.8 Å². The summed E-state index contributed by atoms with van der Waals surface area (Å²) >= 11 is 0. The van der Waals surface area contributed by atoms with E-state index in [-0.39, 0.29) is 18.5 Å². The van der Waals surface area contributed by atoms with Gasteiger partial charge < -0.3 is 9.47 Å². The van der Waals surface area contributed by atoms with Gasteiger partial charge in [0.1, 0.15) is 5.75 Å². The number of hydrogen-bond donors (Lipinski definition) is 1. The fourth-order valence-corrected chi connectivity index (χ4v) is 3.42. The summed E-state index contributed by atoms with van der Waals surface area (Å²) in [6, 6.07) is 6.59. The molecule has 0 heterocycles. The topological polar surface area (TPSA) is 77.0 Å². The van der Waals surface area contributed by atoms with Crippen LogP contribution in [0.2, 0.25) is 0 Å². The second-order valence-corrected chi connectivity index (χ2v) is 7.84. The SMILES string of the molecule is CCCOC(=O)c1ccc(OCC(=O)NN=C2CCCCCCCCCCC2)cc1. The minimum atomic E-state index is -0.353. The number of rotatable bonds is 7. The molecule has 0 saturated heterocycles. The first kappa shape index (κ1) is 23.9. The average Bonchev–Trinajstić information content (AvgIpc) is 2.76. The minimum Gasteiger partial charge on any atom is -0.484 e. The first-order valence-corrected chi connectivity index (χ1v) is 11.4. The van der Waals surface area contributed by atoms with Gasteiger partial charge in [-0.25, -0.2) is 10.2 Å². The van der Waals surface area contributed by atoms with E-state index in [1.54, 1.807) is 24.3 Å². The summed E-state index contributed by atoms with van der Waals surface area (Å²) < 4.78 is 10.6. The Balaban J connectivity index is 1.76. The lowest BCUT2D eigenvalue weighted by Crippen LogP contribution is -2.26. The Morgan fingerprint density at radius 3 is 2.03 bits per heavy atom. The van der Waals surface area contributed by atoms with Crippen LogP contribution in [0.1, 0.15) is 94.3 Å². The molecule has 1 aromatic rings. The van der Waals surface area contributed by atoms with Crippen molar-refractivity contribution in [2.75, 3.05) is 13.2 Å². The molecule has 1 N–H and O–H groups in total. The molecule has 0 radical (unpaired) electrons. The first-order chi connectivity index (χ1) is 14.7. The van der Waals surface area contributed by atoms with Crippen LogP contribution in [0.4, 0.5) is 0 Å². The predicted octanol–water partition coefficient (Wildman–Crippen LogP) is 5.41. The van der Waals surface area contributed by atoms with Crippen LogP contribution in [-0.2, 0) is 9.53 Å². The molecule has 0 aliphatic heterocycles. The van der Waals surface area contributed by atoms with Gasteiger partial charge in [-0.3, -0.25) is 4.79 Å². The number of hydrogen-bond acceptors (Lipinski definition) is 5. The second-order valence-electron chi connectivity index (χ2n) is 7.84. The molecule has 0 unspecified atom stereocenters. The summed E-state index contributed by atoms with van der Waals surface area (Å²) in [4.78, 5) is 23.9. The van der Waals surface area contributed by atoms with Crippen molar-refractivity contribution in [1.29, 1.82) is 0 Å². The van der Waals surface area contributed by atoms with E-state index in [0.29, 0.717) is 17.9 Å². The molecule has 0 aromatic heterocycles. The van der Waals surface area contributed by atoms with E-state index in [1.165, 1.54) is 44.9 Å². The molecule has 1 aromatic carbocycles. The Hall–Kier alpha value is -2.37. The molecule has 1 amide bonds. The van der Waals surface area contributed by atoms with E-state index in [0.717, 1.165) is 37.8 Å². The number of nitrogens with zero attached hydrogens (tertiary/aromatic N) is 1. The number of carbonyl (C=O) groups excluding carboxylic acids is 2. The third-order valence-corrected chi connectivity index (χ3v) is 5.17. The molecule has 6 nitrogen and oxygen atoms in total. The van der Waals surface area contributed by atoms with Gasteiger partial charge in [0.05, 0.1) is 12.2 Å². The van der Waals surface area contributed by atoms with E-state index < -0.39 is 0 Å². The summed E-state index contributed by atoms with van der Waals surface area (Å²) in [5.74, 6) is -0.107. The van der Waals surface area contributed by atoms with E-state index in [9.17, 15) is 9.59 Å². The summed E-state index contributed by atoms with van der Waals surface area (Å²) in [6.07, 6.45) is 14.1. The van der Waals surface area contributed by atoms with Crippen LogP contribution in [-0.4, -0.2) is 30.8 Å². The maximum Gasteiger partial charge on any atom is 0.338 e. The zero-order valence-electron chi connectivity index (χ0n) is 18.3. The molecule has 1 aliphatic carbocycles. The van der Waals surface area contributed by atoms with Gasteiger partial charge in [0.2, 0.25) is 0 Å².